The SMILES string of the molecule is CCNc1ccc(CN2CC(C)C(C(=O)OC)C2)cn1. The highest BCUT2D eigenvalue weighted by Gasteiger charge is 2.35. The summed E-state index contributed by atoms with van der Waals surface area (Å²) < 4.78 is 4.86. The maximum Gasteiger partial charge on any atom is 0.310 e. The maximum atomic E-state index is 11.7. The molecule has 1 aliphatic heterocycles. The molecule has 1 saturated heterocycles. The van der Waals surface area contributed by atoms with Crippen molar-refractivity contribution in [2.45, 2.75) is 20.4 Å². The summed E-state index contributed by atoms with van der Waals surface area (Å²) in [7, 11) is 1.46. The second-order valence-electron chi connectivity index (χ2n) is 5.38. The third-order valence-electron chi connectivity index (χ3n) is 3.78. The van der Waals surface area contributed by atoms with Gasteiger partial charge in [0.05, 0.1) is 13.0 Å². The largest absolute Gasteiger partial charge is 0.469 e. The van der Waals surface area contributed by atoms with E-state index in [4.69, 9.17) is 4.74 Å². The van der Waals surface area contributed by atoms with Crippen LogP contribution in [-0.2, 0) is 16.1 Å². The number of pyridine rings is 1. The summed E-state index contributed by atoms with van der Waals surface area (Å²) >= 11 is 0. The van der Waals surface area contributed by atoms with E-state index in [0.29, 0.717) is 5.92 Å². The van der Waals surface area contributed by atoms with Crippen molar-refractivity contribution in [3.8, 4) is 0 Å². The number of methoxy groups -OCH3 is 1. The van der Waals surface area contributed by atoms with Gasteiger partial charge in [0.25, 0.3) is 0 Å². The van der Waals surface area contributed by atoms with Gasteiger partial charge in [-0.1, -0.05) is 13.0 Å². The van der Waals surface area contributed by atoms with Crippen LogP contribution in [0, 0.1) is 11.8 Å². The molecule has 110 valence electrons. The number of hydrogen-bond acceptors (Lipinski definition) is 5. The van der Waals surface area contributed by atoms with Crippen molar-refractivity contribution in [2.24, 2.45) is 11.8 Å². The minimum atomic E-state index is -0.0966. The van der Waals surface area contributed by atoms with Crippen LogP contribution in [0.15, 0.2) is 18.3 Å². The molecule has 1 aromatic heterocycles. The molecule has 2 atom stereocenters. The number of anilines is 1. The lowest BCUT2D eigenvalue weighted by Crippen LogP contribution is -2.24. The molecule has 2 unspecified atom stereocenters. The van der Waals surface area contributed by atoms with Crippen LogP contribution >= 0.6 is 0 Å². The van der Waals surface area contributed by atoms with Crippen LogP contribution in [0.5, 0.6) is 0 Å². The van der Waals surface area contributed by atoms with E-state index in [1.54, 1.807) is 0 Å². The summed E-state index contributed by atoms with van der Waals surface area (Å²) in [6.45, 7) is 7.55. The van der Waals surface area contributed by atoms with E-state index >= 15 is 0 Å². The Kier molecular flexibility index (Phi) is 4.95. The van der Waals surface area contributed by atoms with Crippen LogP contribution in [0.3, 0.4) is 0 Å². The number of hydrogen-bond donors (Lipinski definition) is 1. The first-order valence-corrected chi connectivity index (χ1v) is 7.13. The average Bonchev–Trinajstić information content (AvgIpc) is 2.81. The van der Waals surface area contributed by atoms with E-state index in [9.17, 15) is 4.79 Å². The number of nitrogens with zero attached hydrogens (tertiary/aromatic N) is 2. The third-order valence-corrected chi connectivity index (χ3v) is 3.78. The topological polar surface area (TPSA) is 54.5 Å². The number of likely N-dealkylation sites (tertiary alicyclic amines) is 1. The van der Waals surface area contributed by atoms with Crippen molar-refractivity contribution in [2.75, 3.05) is 32.1 Å². The number of nitrogens with one attached hydrogen (secondary N) is 1. The van der Waals surface area contributed by atoms with Crippen LogP contribution in [-0.4, -0.2) is 42.6 Å². The third kappa shape index (κ3) is 3.48. The van der Waals surface area contributed by atoms with Gasteiger partial charge in [-0.05, 0) is 24.5 Å². The van der Waals surface area contributed by atoms with E-state index in [0.717, 1.165) is 32.0 Å². The lowest BCUT2D eigenvalue weighted by molar-refractivity contribution is -0.146. The summed E-state index contributed by atoms with van der Waals surface area (Å²) in [5, 5.41) is 3.18. The summed E-state index contributed by atoms with van der Waals surface area (Å²) in [5.74, 6) is 1.14. The summed E-state index contributed by atoms with van der Waals surface area (Å²) in [6, 6.07) is 4.08. The second-order valence-corrected chi connectivity index (χ2v) is 5.38. The van der Waals surface area contributed by atoms with Gasteiger partial charge >= 0.3 is 5.97 Å². The highest BCUT2D eigenvalue weighted by atomic mass is 16.5. The molecule has 1 N–H and O–H groups in total. The monoisotopic (exact) mass is 277 g/mol. The molecule has 2 rings (SSSR count). The van der Waals surface area contributed by atoms with E-state index in [1.807, 2.05) is 19.2 Å². The van der Waals surface area contributed by atoms with Gasteiger partial charge in [0.15, 0.2) is 0 Å². The van der Waals surface area contributed by atoms with Crippen LogP contribution in [0.2, 0.25) is 0 Å². The number of carbonyl (C=O) groups is 1. The number of carbonyl (C=O) groups excluding carboxylic acids is 1. The number of ether oxygens (including phenoxy) is 1. The Morgan fingerprint density at radius 1 is 1.50 bits per heavy atom. The van der Waals surface area contributed by atoms with Crippen molar-refractivity contribution in [3.63, 3.8) is 0 Å². The number of esters is 1. The van der Waals surface area contributed by atoms with Gasteiger partial charge in [-0.3, -0.25) is 9.69 Å². The first-order chi connectivity index (χ1) is 9.63. The molecular weight excluding hydrogens is 254 g/mol. The predicted molar refractivity (Wildman–Crippen MR) is 78.3 cm³/mol. The predicted octanol–water partition coefficient (Wildman–Crippen LogP) is 1.75. The van der Waals surface area contributed by atoms with E-state index in [2.05, 4.69) is 28.2 Å². The van der Waals surface area contributed by atoms with Crippen molar-refractivity contribution in [3.05, 3.63) is 23.9 Å². The highest BCUT2D eigenvalue weighted by Crippen LogP contribution is 2.25. The molecule has 1 fully saturated rings. The summed E-state index contributed by atoms with van der Waals surface area (Å²) in [6.07, 6.45) is 1.90. The fourth-order valence-electron chi connectivity index (χ4n) is 2.72. The molecule has 5 nitrogen and oxygen atoms in total. The Balaban J connectivity index is 1.92. The molecule has 2 heterocycles. The molecule has 0 radical (unpaired) electrons. The number of aromatic nitrogens is 1. The molecule has 0 aromatic carbocycles. The quantitative estimate of drug-likeness (QED) is 0.831. The van der Waals surface area contributed by atoms with Crippen LogP contribution in [0.4, 0.5) is 5.82 Å². The molecule has 0 aliphatic carbocycles. The Bertz CT molecular complexity index is 447. The lowest BCUT2D eigenvalue weighted by Gasteiger charge is -2.15. The standard InChI is InChI=1S/C15H23N3O2/c1-4-16-14-6-5-12(7-17-14)9-18-8-11(2)13(10-18)15(19)20-3/h5-7,11,13H,4,8-10H2,1-3H3,(H,16,17). The van der Waals surface area contributed by atoms with Crippen molar-refractivity contribution >= 4 is 11.8 Å². The fraction of sp³-hybridized carbons (Fsp3) is 0.600. The molecule has 1 aromatic rings. The average molecular weight is 277 g/mol. The highest BCUT2D eigenvalue weighted by molar-refractivity contribution is 5.73. The van der Waals surface area contributed by atoms with E-state index < -0.39 is 0 Å². The first kappa shape index (κ1) is 14.8. The fourth-order valence-corrected chi connectivity index (χ4v) is 2.72. The Morgan fingerprint density at radius 2 is 2.30 bits per heavy atom. The molecule has 20 heavy (non-hydrogen) atoms. The Labute approximate surface area is 120 Å². The van der Waals surface area contributed by atoms with Gasteiger partial charge in [0, 0.05) is 32.4 Å². The Hall–Kier alpha value is -1.62. The minimum absolute atomic E-state index is 0.00556. The van der Waals surface area contributed by atoms with Crippen LogP contribution < -0.4 is 5.32 Å². The lowest BCUT2D eigenvalue weighted by atomic mass is 9.99. The smallest absolute Gasteiger partial charge is 0.310 e. The summed E-state index contributed by atoms with van der Waals surface area (Å²) in [5.41, 5.74) is 1.17. The zero-order valence-electron chi connectivity index (χ0n) is 12.4. The van der Waals surface area contributed by atoms with Gasteiger partial charge in [-0.2, -0.15) is 0 Å². The van der Waals surface area contributed by atoms with Gasteiger partial charge in [-0.15, -0.1) is 0 Å². The van der Waals surface area contributed by atoms with Crippen molar-refractivity contribution < 1.29 is 9.53 Å². The van der Waals surface area contributed by atoms with E-state index in [-0.39, 0.29) is 11.9 Å². The zero-order valence-corrected chi connectivity index (χ0v) is 12.4. The van der Waals surface area contributed by atoms with Gasteiger partial charge in [0.2, 0.25) is 0 Å². The van der Waals surface area contributed by atoms with Crippen molar-refractivity contribution in [1.82, 2.24) is 9.88 Å². The normalized spacial score (nSPS) is 22.8. The van der Waals surface area contributed by atoms with Gasteiger partial charge in [0.1, 0.15) is 5.82 Å². The van der Waals surface area contributed by atoms with Gasteiger partial charge < -0.3 is 10.1 Å². The van der Waals surface area contributed by atoms with Crippen molar-refractivity contribution in [1.29, 1.82) is 0 Å². The molecule has 0 amide bonds. The molecule has 0 bridgehead atoms. The maximum absolute atomic E-state index is 11.7. The molecular formula is C15H23N3O2. The Morgan fingerprint density at radius 3 is 2.90 bits per heavy atom. The van der Waals surface area contributed by atoms with Gasteiger partial charge in [-0.25, -0.2) is 4.98 Å². The van der Waals surface area contributed by atoms with Crippen LogP contribution in [0.25, 0.3) is 0 Å². The first-order valence-electron chi connectivity index (χ1n) is 7.13. The second kappa shape index (κ2) is 6.70. The zero-order chi connectivity index (χ0) is 14.5. The molecule has 0 spiro atoms. The molecule has 1 aliphatic rings. The molecule has 0 saturated carbocycles. The van der Waals surface area contributed by atoms with E-state index in [1.165, 1.54) is 12.7 Å². The minimum Gasteiger partial charge on any atom is -0.469 e. The number of rotatable bonds is 5. The van der Waals surface area contributed by atoms with Crippen LogP contribution in [0.1, 0.15) is 19.4 Å². The molecule has 5 heteroatoms. The summed E-state index contributed by atoms with van der Waals surface area (Å²) in [4.78, 5) is 18.3.